The minimum absolute atomic E-state index is 0.641. The molecule has 1 fully saturated rings. The fourth-order valence-corrected chi connectivity index (χ4v) is 5.81. The van der Waals surface area contributed by atoms with Gasteiger partial charge in [0.1, 0.15) is 11.5 Å². The number of aromatic nitrogens is 2. The summed E-state index contributed by atoms with van der Waals surface area (Å²) >= 11 is 1.77. The summed E-state index contributed by atoms with van der Waals surface area (Å²) in [6.45, 7) is 8.51. The molecule has 0 aliphatic carbocycles. The highest BCUT2D eigenvalue weighted by atomic mass is 32.1. The maximum absolute atomic E-state index is 8.89. The number of thiazole rings is 1. The topological polar surface area (TPSA) is 80.2 Å². The molecular weight excluding hydrogens is 548 g/mol. The van der Waals surface area contributed by atoms with E-state index in [-0.39, 0.29) is 0 Å². The minimum Gasteiger partial charge on any atom is -0.494 e. The molecule has 2 radical (unpaired) electrons. The van der Waals surface area contributed by atoms with Crippen molar-refractivity contribution in [3.05, 3.63) is 95.7 Å². The molecule has 1 aliphatic heterocycles. The third-order valence-electron chi connectivity index (χ3n) is 7.09. The number of anilines is 1. The number of aliphatic hydroxyl groups excluding tert-OH is 1. The van der Waals surface area contributed by atoms with E-state index in [0.29, 0.717) is 18.8 Å². The monoisotopic (exact) mass is 586 g/mol. The molecule has 0 bridgehead atoms. The first-order valence-electron chi connectivity index (χ1n) is 14.4. The van der Waals surface area contributed by atoms with Crippen LogP contribution in [0.2, 0.25) is 0 Å². The van der Waals surface area contributed by atoms with Crippen molar-refractivity contribution >= 4 is 16.5 Å². The van der Waals surface area contributed by atoms with Crippen LogP contribution in [0.5, 0.6) is 11.5 Å². The van der Waals surface area contributed by atoms with Gasteiger partial charge in [0.15, 0.2) is 11.7 Å². The Kier molecular flexibility index (Phi) is 11.2. The second-order valence-corrected chi connectivity index (χ2v) is 11.3. The van der Waals surface area contributed by atoms with Gasteiger partial charge in [-0.1, -0.05) is 23.5 Å². The van der Waals surface area contributed by atoms with Crippen LogP contribution in [0.25, 0.3) is 11.3 Å². The fourth-order valence-electron chi connectivity index (χ4n) is 4.72. The Morgan fingerprint density at radius 2 is 1.55 bits per heavy atom. The van der Waals surface area contributed by atoms with Crippen LogP contribution in [0, 0.1) is 6.61 Å². The minimum atomic E-state index is 0.641. The van der Waals surface area contributed by atoms with Crippen LogP contribution >= 0.6 is 11.3 Å². The molecule has 1 saturated heterocycles. The molecule has 0 spiro atoms. The van der Waals surface area contributed by atoms with Gasteiger partial charge in [0.2, 0.25) is 0 Å². The largest absolute Gasteiger partial charge is 0.494 e. The van der Waals surface area contributed by atoms with Crippen LogP contribution in [0.3, 0.4) is 0 Å². The van der Waals surface area contributed by atoms with Crippen LogP contribution in [0.1, 0.15) is 35.3 Å². The van der Waals surface area contributed by atoms with Crippen molar-refractivity contribution in [2.24, 2.45) is 0 Å². The summed E-state index contributed by atoms with van der Waals surface area (Å²) in [5.41, 5.74) is 3.99. The summed E-state index contributed by atoms with van der Waals surface area (Å²) < 4.78 is 17.3. The van der Waals surface area contributed by atoms with Crippen LogP contribution < -0.4 is 14.4 Å². The van der Waals surface area contributed by atoms with E-state index in [4.69, 9.17) is 24.3 Å². The average molecular weight is 587 g/mol. The number of unbranched alkanes of at least 4 members (excludes halogenated alkanes) is 2. The smallest absolute Gasteiger partial charge is 0.186 e. The molecule has 8 nitrogen and oxygen atoms in total. The van der Waals surface area contributed by atoms with E-state index in [1.54, 1.807) is 23.5 Å². The third kappa shape index (κ3) is 8.75. The van der Waals surface area contributed by atoms with Crippen molar-refractivity contribution in [3.63, 3.8) is 0 Å². The number of hydrogen-bond donors (Lipinski definition) is 1. The zero-order valence-corrected chi connectivity index (χ0v) is 24.9. The number of benzene rings is 2. The molecule has 2 aromatic carbocycles. The van der Waals surface area contributed by atoms with E-state index >= 15 is 0 Å². The number of nitrogens with zero attached hydrogens (tertiary/aromatic N) is 4. The van der Waals surface area contributed by atoms with Crippen molar-refractivity contribution in [3.8, 4) is 22.8 Å². The van der Waals surface area contributed by atoms with Crippen LogP contribution in [0.4, 0.5) is 5.13 Å². The van der Waals surface area contributed by atoms with E-state index < -0.39 is 0 Å². The third-order valence-corrected chi connectivity index (χ3v) is 8.24. The SMILES string of the molecule is CN(Cc1ccncc1)c1nc(-c2ccc(OCCCCCOc3ccc([C]O)cc3)cc2)c(CN2CCOCC2)s1. The number of aliphatic hydroxyl groups is 1. The molecular formula is C33H38N4O4S. The quantitative estimate of drug-likeness (QED) is 0.168. The van der Waals surface area contributed by atoms with Crippen molar-refractivity contribution in [1.29, 1.82) is 0 Å². The van der Waals surface area contributed by atoms with Gasteiger partial charge in [-0.2, -0.15) is 0 Å². The van der Waals surface area contributed by atoms with Gasteiger partial charge in [-0.15, -0.1) is 0 Å². The molecule has 1 aliphatic rings. The van der Waals surface area contributed by atoms with E-state index in [1.807, 2.05) is 48.8 Å². The lowest BCUT2D eigenvalue weighted by Gasteiger charge is -2.26. The molecule has 0 amide bonds. The Hall–Kier alpha value is -3.50. The first kappa shape index (κ1) is 30.0. The van der Waals surface area contributed by atoms with E-state index in [1.165, 1.54) is 10.4 Å². The lowest BCUT2D eigenvalue weighted by atomic mass is 10.1. The van der Waals surface area contributed by atoms with Crippen molar-refractivity contribution in [1.82, 2.24) is 14.9 Å². The van der Waals surface area contributed by atoms with Crippen molar-refractivity contribution < 1.29 is 19.3 Å². The Morgan fingerprint density at radius 3 is 2.19 bits per heavy atom. The van der Waals surface area contributed by atoms with Gasteiger partial charge >= 0.3 is 0 Å². The van der Waals surface area contributed by atoms with Gasteiger partial charge in [-0.3, -0.25) is 9.88 Å². The highest BCUT2D eigenvalue weighted by Gasteiger charge is 2.20. The summed E-state index contributed by atoms with van der Waals surface area (Å²) in [6, 6.07) is 19.6. The highest BCUT2D eigenvalue weighted by Crippen LogP contribution is 2.35. The molecule has 2 aromatic heterocycles. The van der Waals surface area contributed by atoms with Gasteiger partial charge < -0.3 is 24.2 Å². The molecule has 42 heavy (non-hydrogen) atoms. The zero-order valence-electron chi connectivity index (χ0n) is 24.1. The van der Waals surface area contributed by atoms with Crippen LogP contribution in [-0.2, 0) is 17.8 Å². The van der Waals surface area contributed by atoms with Crippen LogP contribution in [-0.4, -0.2) is 66.5 Å². The maximum Gasteiger partial charge on any atom is 0.186 e. The fraction of sp³-hybridized carbons (Fsp3) is 0.364. The standard InChI is InChI=1S/C33H38N4O4S/c1-36(23-26-13-15-34-16-14-26)33-35-32(31(42-33)24-37-17-21-39-22-18-37)28-7-11-30(12-8-28)41-20-4-2-3-19-40-29-9-5-27(25-38)6-10-29/h5-16,38H,2-4,17-24H2,1H3. The molecule has 3 heterocycles. The normalized spacial score (nSPS) is 13.7. The summed E-state index contributed by atoms with van der Waals surface area (Å²) in [5.74, 6) is 1.67. The van der Waals surface area contributed by atoms with E-state index in [2.05, 4.69) is 40.6 Å². The molecule has 1 N–H and O–H groups in total. The molecule has 0 atom stereocenters. The predicted molar refractivity (Wildman–Crippen MR) is 166 cm³/mol. The average Bonchev–Trinajstić information content (AvgIpc) is 3.46. The Balaban J connectivity index is 1.14. The number of hydrogen-bond acceptors (Lipinski definition) is 9. The Labute approximate surface area is 252 Å². The highest BCUT2D eigenvalue weighted by molar-refractivity contribution is 7.16. The zero-order chi connectivity index (χ0) is 29.0. The van der Waals surface area contributed by atoms with Crippen LogP contribution in [0.15, 0.2) is 73.1 Å². The lowest BCUT2D eigenvalue weighted by Crippen LogP contribution is -2.35. The first-order valence-corrected chi connectivity index (χ1v) is 15.3. The van der Waals surface area contributed by atoms with E-state index in [9.17, 15) is 0 Å². The summed E-state index contributed by atoms with van der Waals surface area (Å²) in [4.78, 5) is 15.2. The number of rotatable bonds is 15. The summed E-state index contributed by atoms with van der Waals surface area (Å²) in [6.07, 6.45) is 6.60. The first-order chi connectivity index (χ1) is 20.7. The molecule has 220 valence electrons. The van der Waals surface area contributed by atoms with Crippen molar-refractivity contribution in [2.75, 3.05) is 51.5 Å². The lowest BCUT2D eigenvalue weighted by molar-refractivity contribution is 0.0347. The molecule has 9 heteroatoms. The molecule has 4 aromatic rings. The number of morpholine rings is 1. The second-order valence-electron chi connectivity index (χ2n) is 10.3. The van der Waals surface area contributed by atoms with Gasteiger partial charge in [0.05, 0.1) is 32.1 Å². The summed E-state index contributed by atoms with van der Waals surface area (Å²) in [5, 5.41) is 9.89. The molecule has 0 saturated carbocycles. The Bertz CT molecular complexity index is 1340. The van der Waals surface area contributed by atoms with E-state index in [0.717, 1.165) is 86.5 Å². The Morgan fingerprint density at radius 1 is 0.905 bits per heavy atom. The molecule has 5 rings (SSSR count). The number of ether oxygens (including phenoxy) is 3. The van der Waals surface area contributed by atoms with Gasteiger partial charge in [0, 0.05) is 56.1 Å². The summed E-state index contributed by atoms with van der Waals surface area (Å²) in [7, 11) is 2.09. The second kappa shape index (κ2) is 15.7. The predicted octanol–water partition coefficient (Wildman–Crippen LogP) is 6.06. The maximum atomic E-state index is 8.89. The number of pyridine rings is 1. The van der Waals surface area contributed by atoms with Gasteiger partial charge in [0.25, 0.3) is 0 Å². The van der Waals surface area contributed by atoms with Gasteiger partial charge in [-0.25, -0.2) is 4.98 Å². The van der Waals surface area contributed by atoms with Gasteiger partial charge in [-0.05, 0) is 78.9 Å². The molecule has 0 unspecified atom stereocenters. The van der Waals surface area contributed by atoms with Crippen molar-refractivity contribution in [2.45, 2.75) is 32.4 Å².